The van der Waals surface area contributed by atoms with Gasteiger partial charge in [-0.2, -0.15) is 0 Å². The van der Waals surface area contributed by atoms with Crippen molar-refractivity contribution >= 4 is 34.3 Å². The van der Waals surface area contributed by atoms with Crippen LogP contribution >= 0.6 is 0 Å². The quantitative estimate of drug-likeness (QED) is 0.366. The second kappa shape index (κ2) is 10.1. The van der Waals surface area contributed by atoms with E-state index in [4.69, 9.17) is 4.74 Å². The van der Waals surface area contributed by atoms with Crippen molar-refractivity contribution in [1.82, 2.24) is 15.3 Å². The smallest absolute Gasteiger partial charge is 0.323 e. The molecule has 0 atom stereocenters. The molecule has 8 nitrogen and oxygen atoms in total. The van der Waals surface area contributed by atoms with Crippen molar-refractivity contribution in [3.63, 3.8) is 0 Å². The molecule has 184 valence electrons. The molecule has 1 aliphatic rings. The molecule has 3 aromatic carbocycles. The molecule has 0 bridgehead atoms. The van der Waals surface area contributed by atoms with E-state index < -0.39 is 29.2 Å². The zero-order valence-electron chi connectivity index (χ0n) is 18.9. The molecule has 0 radical (unpaired) electrons. The number of nitrogens with zero attached hydrogens (tertiary/aromatic N) is 3. The number of anilines is 3. The fourth-order valence-corrected chi connectivity index (χ4v) is 3.80. The minimum absolute atomic E-state index is 0.142. The average Bonchev–Trinajstić information content (AvgIpc) is 2.86. The summed E-state index contributed by atoms with van der Waals surface area (Å²) in [5.41, 5.74) is 1.19. The molecule has 0 spiro atoms. The fourth-order valence-electron chi connectivity index (χ4n) is 3.80. The van der Waals surface area contributed by atoms with Crippen molar-refractivity contribution in [2.24, 2.45) is 0 Å². The van der Waals surface area contributed by atoms with Gasteiger partial charge in [0, 0.05) is 55.8 Å². The summed E-state index contributed by atoms with van der Waals surface area (Å²) in [6.45, 7) is 3.29. The maximum Gasteiger partial charge on any atom is 0.323 e. The first-order chi connectivity index (χ1) is 17.4. The number of urea groups is 1. The summed E-state index contributed by atoms with van der Waals surface area (Å²) in [6, 6.07) is 11.0. The third-order valence-corrected chi connectivity index (χ3v) is 5.50. The number of aromatic nitrogens is 2. The van der Waals surface area contributed by atoms with E-state index >= 15 is 0 Å². The molecule has 2 heterocycles. The largest absolute Gasteiger partial charge is 0.451 e. The first kappa shape index (κ1) is 23.4. The van der Waals surface area contributed by atoms with Gasteiger partial charge in [0.2, 0.25) is 0 Å². The first-order valence-corrected chi connectivity index (χ1v) is 11.2. The number of carbonyl (C=O) groups is 1. The maximum absolute atomic E-state index is 14.7. The molecule has 0 aliphatic carbocycles. The first-order valence-electron chi connectivity index (χ1n) is 11.2. The number of ether oxygens (including phenoxy) is 1. The molecule has 11 heteroatoms. The summed E-state index contributed by atoms with van der Waals surface area (Å²) < 4.78 is 48.2. The Bertz CT molecular complexity index is 1410. The molecule has 1 saturated heterocycles. The maximum atomic E-state index is 14.7. The number of fused-ring (bicyclic) bond motifs is 1. The van der Waals surface area contributed by atoms with Crippen molar-refractivity contribution < 1.29 is 22.7 Å². The van der Waals surface area contributed by atoms with Crippen LogP contribution in [0.3, 0.4) is 0 Å². The van der Waals surface area contributed by atoms with Gasteiger partial charge in [-0.3, -0.25) is 4.98 Å². The molecule has 1 aromatic heterocycles. The Labute approximate surface area is 204 Å². The van der Waals surface area contributed by atoms with E-state index in [2.05, 4.69) is 30.8 Å². The van der Waals surface area contributed by atoms with Gasteiger partial charge >= 0.3 is 6.03 Å². The number of amides is 2. The van der Waals surface area contributed by atoms with E-state index in [0.717, 1.165) is 44.4 Å². The molecular weight excluding hydrogens is 473 g/mol. The van der Waals surface area contributed by atoms with Gasteiger partial charge in [0.05, 0.1) is 17.2 Å². The Morgan fingerprint density at radius 1 is 0.917 bits per heavy atom. The Balaban J connectivity index is 1.31. The summed E-state index contributed by atoms with van der Waals surface area (Å²) in [6.07, 6.45) is 1.70. The summed E-state index contributed by atoms with van der Waals surface area (Å²) in [5.74, 6) is -2.31. The molecular formula is C25H21F3N6O2. The van der Waals surface area contributed by atoms with Crippen LogP contribution < -0.4 is 25.6 Å². The summed E-state index contributed by atoms with van der Waals surface area (Å²) in [5, 5.41) is 7.97. The summed E-state index contributed by atoms with van der Waals surface area (Å²) in [4.78, 5) is 23.3. The minimum Gasteiger partial charge on any atom is -0.451 e. The van der Waals surface area contributed by atoms with Crippen LogP contribution in [0.2, 0.25) is 0 Å². The highest BCUT2D eigenvalue weighted by molar-refractivity contribution is 5.99. The van der Waals surface area contributed by atoms with Crippen LogP contribution in [-0.4, -0.2) is 42.2 Å². The predicted octanol–water partition coefficient (Wildman–Crippen LogP) is 4.89. The third-order valence-electron chi connectivity index (χ3n) is 5.50. The van der Waals surface area contributed by atoms with Crippen LogP contribution in [0.5, 0.6) is 11.5 Å². The van der Waals surface area contributed by atoms with Gasteiger partial charge in [-0.05, 0) is 30.3 Å². The lowest BCUT2D eigenvalue weighted by Crippen LogP contribution is -2.43. The molecule has 36 heavy (non-hydrogen) atoms. The second-order valence-corrected chi connectivity index (χ2v) is 8.08. The monoisotopic (exact) mass is 494 g/mol. The van der Waals surface area contributed by atoms with Gasteiger partial charge in [0.15, 0.2) is 17.4 Å². The Hall–Kier alpha value is -4.38. The van der Waals surface area contributed by atoms with E-state index in [1.54, 1.807) is 24.4 Å². The molecule has 1 aliphatic heterocycles. The van der Waals surface area contributed by atoms with Gasteiger partial charge < -0.3 is 25.6 Å². The van der Waals surface area contributed by atoms with Gasteiger partial charge in [-0.25, -0.2) is 22.9 Å². The molecule has 4 aromatic rings. The summed E-state index contributed by atoms with van der Waals surface area (Å²) >= 11 is 0. The van der Waals surface area contributed by atoms with E-state index in [-0.39, 0.29) is 17.1 Å². The third kappa shape index (κ3) is 5.31. The molecule has 3 N–H and O–H groups in total. The van der Waals surface area contributed by atoms with E-state index in [1.165, 1.54) is 18.2 Å². The topological polar surface area (TPSA) is 91.4 Å². The number of carbonyl (C=O) groups excluding carboxylic acids is 1. The van der Waals surface area contributed by atoms with Crippen LogP contribution in [0.15, 0.2) is 60.8 Å². The molecule has 0 saturated carbocycles. The molecule has 5 rings (SSSR count). The van der Waals surface area contributed by atoms with Crippen molar-refractivity contribution in [2.45, 2.75) is 0 Å². The Morgan fingerprint density at radius 3 is 2.42 bits per heavy atom. The van der Waals surface area contributed by atoms with Crippen LogP contribution in [0, 0.1) is 17.5 Å². The Morgan fingerprint density at radius 2 is 1.67 bits per heavy atom. The predicted molar refractivity (Wildman–Crippen MR) is 130 cm³/mol. The highest BCUT2D eigenvalue weighted by Gasteiger charge is 2.17. The summed E-state index contributed by atoms with van der Waals surface area (Å²) in [7, 11) is 0. The fraction of sp³-hybridized carbons (Fsp3) is 0.160. The number of rotatable bonds is 5. The zero-order valence-corrected chi connectivity index (χ0v) is 18.9. The van der Waals surface area contributed by atoms with Gasteiger partial charge in [-0.1, -0.05) is 6.07 Å². The van der Waals surface area contributed by atoms with E-state index in [9.17, 15) is 18.0 Å². The lowest BCUT2D eigenvalue weighted by molar-refractivity contribution is 0.262. The van der Waals surface area contributed by atoms with Crippen molar-refractivity contribution in [3.05, 3.63) is 78.2 Å². The minimum atomic E-state index is -1.02. The highest BCUT2D eigenvalue weighted by atomic mass is 19.1. The van der Waals surface area contributed by atoms with Gasteiger partial charge in [0.1, 0.15) is 17.4 Å². The number of benzene rings is 3. The molecule has 0 unspecified atom stereocenters. The second-order valence-electron chi connectivity index (χ2n) is 8.08. The molecule has 2 amide bonds. The average molecular weight is 494 g/mol. The number of halogens is 3. The molecule has 1 fully saturated rings. The number of piperazine rings is 1. The normalized spacial score (nSPS) is 13.5. The van der Waals surface area contributed by atoms with Crippen molar-refractivity contribution in [1.29, 1.82) is 0 Å². The van der Waals surface area contributed by atoms with Crippen LogP contribution in [0.4, 0.5) is 35.2 Å². The standard InChI is InChI=1S/C25H21F3N6O2/c26-15-2-1-3-16(10-15)31-25(35)32-17-11-19(27)24(20(28)12-17)36-18-4-5-21-22(13-18)33-23(14-30-21)34-8-6-29-7-9-34/h1-5,10-14,29H,6-9H2,(H2,31,32,35). The SMILES string of the molecule is O=C(Nc1cccc(F)c1)Nc1cc(F)c(Oc2ccc3ncc(N4CCNCC4)nc3c2)c(F)c1. The highest BCUT2D eigenvalue weighted by Crippen LogP contribution is 2.31. The van der Waals surface area contributed by atoms with E-state index in [0.29, 0.717) is 16.9 Å². The van der Waals surface area contributed by atoms with Gasteiger partial charge in [-0.15, -0.1) is 0 Å². The van der Waals surface area contributed by atoms with Crippen molar-refractivity contribution in [2.75, 3.05) is 41.7 Å². The van der Waals surface area contributed by atoms with Gasteiger partial charge in [0.25, 0.3) is 0 Å². The van der Waals surface area contributed by atoms with Crippen molar-refractivity contribution in [3.8, 4) is 11.5 Å². The Kier molecular flexibility index (Phi) is 6.54. The zero-order chi connectivity index (χ0) is 25.1. The van der Waals surface area contributed by atoms with E-state index in [1.807, 2.05) is 0 Å². The lowest BCUT2D eigenvalue weighted by Gasteiger charge is -2.28. The lowest BCUT2D eigenvalue weighted by atomic mass is 10.2. The van der Waals surface area contributed by atoms with Crippen LogP contribution in [0.25, 0.3) is 11.0 Å². The number of nitrogens with one attached hydrogen (secondary N) is 3. The van der Waals surface area contributed by atoms with Crippen LogP contribution in [0.1, 0.15) is 0 Å². The van der Waals surface area contributed by atoms with Crippen LogP contribution in [-0.2, 0) is 0 Å². The number of hydrogen-bond acceptors (Lipinski definition) is 6. The number of hydrogen-bond donors (Lipinski definition) is 3.